The van der Waals surface area contributed by atoms with E-state index in [0.717, 1.165) is 6.07 Å². The number of pyridine rings is 1. The Balaban J connectivity index is 2.72. The van der Waals surface area contributed by atoms with E-state index in [1.165, 1.54) is 12.1 Å². The van der Waals surface area contributed by atoms with Crippen LogP contribution in [-0.2, 0) is 0 Å². The van der Waals surface area contributed by atoms with Crippen molar-refractivity contribution in [3.8, 4) is 11.3 Å². The number of hydrogen-bond donors (Lipinski definition) is 2. The third kappa shape index (κ3) is 1.97. The summed E-state index contributed by atoms with van der Waals surface area (Å²) in [6.45, 7) is 1.58. The fourth-order valence-corrected chi connectivity index (χ4v) is 1.65. The van der Waals surface area contributed by atoms with Gasteiger partial charge in [0.15, 0.2) is 5.82 Å². The summed E-state index contributed by atoms with van der Waals surface area (Å²) in [5.41, 5.74) is 4.64. The van der Waals surface area contributed by atoms with Crippen molar-refractivity contribution in [2.24, 2.45) is 0 Å². The lowest BCUT2D eigenvalue weighted by molar-refractivity contribution is 0.616. The van der Waals surface area contributed by atoms with Crippen molar-refractivity contribution >= 4 is 17.3 Å². The van der Waals surface area contributed by atoms with Crippen LogP contribution in [0.15, 0.2) is 23.0 Å². The number of rotatable bonds is 1. The number of aromatic amines is 1. The molecular formula is C12H9ClF2N2O. The quantitative estimate of drug-likeness (QED) is 0.837. The Morgan fingerprint density at radius 1 is 1.33 bits per heavy atom. The van der Waals surface area contributed by atoms with E-state index in [1.54, 1.807) is 6.92 Å². The summed E-state index contributed by atoms with van der Waals surface area (Å²) >= 11 is 5.52. The highest BCUT2D eigenvalue weighted by Crippen LogP contribution is 2.27. The molecule has 0 radical (unpaired) electrons. The lowest BCUT2D eigenvalue weighted by atomic mass is 10.1. The van der Waals surface area contributed by atoms with E-state index >= 15 is 0 Å². The fraction of sp³-hybridized carbons (Fsp3) is 0.0833. The maximum Gasteiger partial charge on any atom is 0.269 e. The average molecular weight is 271 g/mol. The molecule has 1 heterocycles. The van der Waals surface area contributed by atoms with Gasteiger partial charge >= 0.3 is 0 Å². The number of halogens is 3. The van der Waals surface area contributed by atoms with Crippen LogP contribution in [-0.4, -0.2) is 4.98 Å². The lowest BCUT2D eigenvalue weighted by Crippen LogP contribution is -2.13. The number of aryl methyl sites for hydroxylation is 1. The van der Waals surface area contributed by atoms with Gasteiger partial charge in [-0.2, -0.15) is 0 Å². The van der Waals surface area contributed by atoms with Gasteiger partial charge in [-0.25, -0.2) is 8.78 Å². The summed E-state index contributed by atoms with van der Waals surface area (Å²) in [5.74, 6) is -1.37. The molecule has 2 aromatic rings. The van der Waals surface area contributed by atoms with Crippen LogP contribution in [0.1, 0.15) is 5.56 Å². The highest BCUT2D eigenvalue weighted by atomic mass is 35.5. The van der Waals surface area contributed by atoms with Gasteiger partial charge in [0, 0.05) is 5.56 Å². The molecule has 0 unspecified atom stereocenters. The van der Waals surface area contributed by atoms with E-state index in [0.29, 0.717) is 5.56 Å². The van der Waals surface area contributed by atoms with Gasteiger partial charge in [-0.05, 0) is 18.6 Å². The Bertz CT molecular complexity index is 683. The van der Waals surface area contributed by atoms with Gasteiger partial charge < -0.3 is 10.7 Å². The molecule has 3 nitrogen and oxygen atoms in total. The van der Waals surface area contributed by atoms with Gasteiger partial charge in [-0.15, -0.1) is 0 Å². The molecule has 1 aromatic carbocycles. The van der Waals surface area contributed by atoms with Crippen LogP contribution in [0.3, 0.4) is 0 Å². The molecular weight excluding hydrogens is 262 g/mol. The number of nitrogens with one attached hydrogen (secondary N) is 1. The minimum atomic E-state index is -0.872. The van der Waals surface area contributed by atoms with Crippen molar-refractivity contribution < 1.29 is 8.78 Å². The highest BCUT2D eigenvalue weighted by Gasteiger charge is 2.15. The van der Waals surface area contributed by atoms with Crippen LogP contribution in [0.4, 0.5) is 14.5 Å². The van der Waals surface area contributed by atoms with Crippen molar-refractivity contribution in [2.45, 2.75) is 6.92 Å². The molecule has 0 saturated heterocycles. The molecule has 18 heavy (non-hydrogen) atoms. The Kier molecular flexibility index (Phi) is 3.09. The van der Waals surface area contributed by atoms with Gasteiger partial charge in [-0.1, -0.05) is 23.7 Å². The summed E-state index contributed by atoms with van der Waals surface area (Å²) < 4.78 is 27.3. The van der Waals surface area contributed by atoms with E-state index in [1.807, 2.05) is 0 Å². The second-order valence-electron chi connectivity index (χ2n) is 3.83. The molecule has 0 aliphatic rings. The SMILES string of the molecule is Cc1ccc(-c2[nH]c(=O)c(Cl)c(N)c2F)cc1F. The molecule has 0 saturated carbocycles. The first-order valence-corrected chi connectivity index (χ1v) is 5.43. The standard InChI is InChI=1S/C12H9ClF2N2O/c1-5-2-3-6(4-7(5)14)11-9(15)10(16)8(13)12(18)17-11/h2-4H,1H3,(H3,16,17,18). The molecule has 0 aliphatic heterocycles. The number of H-pyrrole nitrogens is 1. The Hall–Kier alpha value is -1.88. The first-order valence-electron chi connectivity index (χ1n) is 5.05. The first-order chi connectivity index (χ1) is 8.41. The average Bonchev–Trinajstić information content (AvgIpc) is 2.35. The lowest BCUT2D eigenvalue weighted by Gasteiger charge is -2.07. The summed E-state index contributed by atoms with van der Waals surface area (Å²) in [7, 11) is 0. The Morgan fingerprint density at radius 2 is 2.00 bits per heavy atom. The van der Waals surface area contributed by atoms with Gasteiger partial charge in [0.25, 0.3) is 5.56 Å². The normalized spacial score (nSPS) is 10.7. The molecule has 1 aromatic heterocycles. The number of benzene rings is 1. The van der Waals surface area contributed by atoms with Crippen molar-refractivity contribution in [2.75, 3.05) is 5.73 Å². The third-order valence-electron chi connectivity index (χ3n) is 2.59. The second-order valence-corrected chi connectivity index (χ2v) is 4.21. The minimum Gasteiger partial charge on any atom is -0.395 e. The summed E-state index contributed by atoms with van der Waals surface area (Å²) in [6.07, 6.45) is 0. The van der Waals surface area contributed by atoms with Crippen molar-refractivity contribution in [3.63, 3.8) is 0 Å². The van der Waals surface area contributed by atoms with E-state index in [2.05, 4.69) is 4.98 Å². The van der Waals surface area contributed by atoms with E-state index < -0.39 is 27.9 Å². The maximum atomic E-state index is 13.9. The first kappa shape index (κ1) is 12.6. The molecule has 0 aliphatic carbocycles. The number of nitrogens with two attached hydrogens (primary N) is 1. The fourth-order valence-electron chi connectivity index (χ4n) is 1.52. The minimum absolute atomic E-state index is 0.180. The molecule has 94 valence electrons. The number of aromatic nitrogens is 1. The van der Waals surface area contributed by atoms with Crippen LogP contribution >= 0.6 is 11.6 Å². The second kappa shape index (κ2) is 4.42. The van der Waals surface area contributed by atoms with E-state index in [4.69, 9.17) is 17.3 Å². The molecule has 3 N–H and O–H groups in total. The Labute approximate surface area is 106 Å². The zero-order chi connectivity index (χ0) is 13.4. The van der Waals surface area contributed by atoms with Crippen molar-refractivity contribution in [1.82, 2.24) is 4.98 Å². The number of hydrogen-bond acceptors (Lipinski definition) is 2. The van der Waals surface area contributed by atoms with Gasteiger partial charge in [0.2, 0.25) is 0 Å². The van der Waals surface area contributed by atoms with Crippen LogP contribution in [0.5, 0.6) is 0 Å². The van der Waals surface area contributed by atoms with E-state index in [9.17, 15) is 13.6 Å². The maximum absolute atomic E-state index is 13.9. The summed E-state index contributed by atoms with van der Waals surface area (Å²) in [4.78, 5) is 13.6. The predicted octanol–water partition coefficient (Wildman–Crippen LogP) is 2.86. The van der Waals surface area contributed by atoms with E-state index in [-0.39, 0.29) is 11.3 Å². The molecule has 0 atom stereocenters. The van der Waals surface area contributed by atoms with Gasteiger partial charge in [0.05, 0.1) is 11.4 Å². The molecule has 6 heteroatoms. The van der Waals surface area contributed by atoms with Gasteiger partial charge in [0.1, 0.15) is 10.8 Å². The monoisotopic (exact) mass is 270 g/mol. The van der Waals surface area contributed by atoms with Crippen LogP contribution < -0.4 is 11.3 Å². The van der Waals surface area contributed by atoms with Crippen LogP contribution in [0.2, 0.25) is 5.02 Å². The van der Waals surface area contributed by atoms with Crippen LogP contribution in [0.25, 0.3) is 11.3 Å². The molecule has 0 bridgehead atoms. The van der Waals surface area contributed by atoms with Gasteiger partial charge in [-0.3, -0.25) is 4.79 Å². The van der Waals surface area contributed by atoms with Crippen molar-refractivity contribution in [3.05, 3.63) is 50.8 Å². The van der Waals surface area contributed by atoms with Crippen LogP contribution in [0, 0.1) is 18.6 Å². The number of anilines is 1. The third-order valence-corrected chi connectivity index (χ3v) is 2.97. The molecule has 0 fully saturated rings. The smallest absolute Gasteiger partial charge is 0.269 e. The molecule has 0 amide bonds. The zero-order valence-electron chi connectivity index (χ0n) is 9.35. The zero-order valence-corrected chi connectivity index (χ0v) is 10.1. The molecule has 2 rings (SSSR count). The highest BCUT2D eigenvalue weighted by molar-refractivity contribution is 6.32. The Morgan fingerprint density at radius 3 is 2.61 bits per heavy atom. The number of nitrogen functional groups attached to an aromatic ring is 1. The molecule has 0 spiro atoms. The summed E-state index contributed by atoms with van der Waals surface area (Å²) in [5, 5.41) is -0.413. The summed E-state index contributed by atoms with van der Waals surface area (Å²) in [6, 6.07) is 4.09. The predicted molar refractivity (Wildman–Crippen MR) is 66.6 cm³/mol. The largest absolute Gasteiger partial charge is 0.395 e. The van der Waals surface area contributed by atoms with Crippen molar-refractivity contribution in [1.29, 1.82) is 0 Å². The topological polar surface area (TPSA) is 58.9 Å².